The molecule has 2 heterocycles. The van der Waals surface area contributed by atoms with Gasteiger partial charge in [0.1, 0.15) is 17.0 Å². The number of para-hydroxylation sites is 1. The molecule has 0 fully saturated rings. The first kappa shape index (κ1) is 24.0. The van der Waals surface area contributed by atoms with Gasteiger partial charge in [-0.1, -0.05) is 30.3 Å². The van der Waals surface area contributed by atoms with Crippen LogP contribution < -0.4 is 15.0 Å². The number of esters is 1. The second kappa shape index (κ2) is 9.25. The van der Waals surface area contributed by atoms with Crippen LogP contribution in [-0.2, 0) is 22.6 Å². The number of fused-ring (bicyclic) bond motifs is 1. The molecule has 9 heteroatoms. The van der Waals surface area contributed by atoms with Crippen LogP contribution in [0.3, 0.4) is 0 Å². The maximum atomic E-state index is 13.9. The van der Waals surface area contributed by atoms with E-state index in [1.54, 1.807) is 24.7 Å². The van der Waals surface area contributed by atoms with Crippen LogP contribution in [0.1, 0.15) is 44.6 Å². The Labute approximate surface area is 203 Å². The first-order valence-electron chi connectivity index (χ1n) is 11.2. The number of nitrogens with one attached hydrogen (secondary N) is 1. The first-order chi connectivity index (χ1) is 16.7. The van der Waals surface area contributed by atoms with Crippen LogP contribution in [-0.4, -0.2) is 47.1 Å². The Morgan fingerprint density at radius 3 is 2.57 bits per heavy atom. The smallest absolute Gasteiger partial charge is 0.359 e. The summed E-state index contributed by atoms with van der Waals surface area (Å²) in [6.07, 6.45) is 1.39. The van der Waals surface area contributed by atoms with Crippen molar-refractivity contribution in [3.05, 3.63) is 76.9 Å². The number of anilines is 1. The number of aryl methyl sites for hydroxylation is 1. The molecule has 9 nitrogen and oxygen atoms in total. The highest BCUT2D eigenvalue weighted by Gasteiger charge is 2.50. The van der Waals surface area contributed by atoms with E-state index in [-0.39, 0.29) is 30.4 Å². The fraction of sp³-hybridized carbons (Fsp3) is 0.308. The van der Waals surface area contributed by atoms with E-state index in [0.717, 1.165) is 16.7 Å². The number of imidazole rings is 1. The highest BCUT2D eigenvalue weighted by Crippen LogP contribution is 2.36. The normalized spacial score (nSPS) is 17.1. The molecular weight excluding hydrogens is 448 g/mol. The maximum absolute atomic E-state index is 13.9. The van der Waals surface area contributed by atoms with Crippen molar-refractivity contribution < 1.29 is 23.9 Å². The van der Waals surface area contributed by atoms with Crippen molar-refractivity contribution in [3.63, 3.8) is 0 Å². The number of rotatable bonds is 6. The van der Waals surface area contributed by atoms with E-state index >= 15 is 0 Å². The van der Waals surface area contributed by atoms with Crippen molar-refractivity contribution in [3.8, 4) is 5.75 Å². The van der Waals surface area contributed by atoms with E-state index in [0.29, 0.717) is 11.4 Å². The number of amides is 2. The molecular formula is C26H28N4O5. The second-order valence-corrected chi connectivity index (χ2v) is 8.69. The van der Waals surface area contributed by atoms with Crippen molar-refractivity contribution in [2.45, 2.75) is 39.4 Å². The van der Waals surface area contributed by atoms with Gasteiger partial charge in [-0.05, 0) is 44.0 Å². The lowest BCUT2D eigenvalue weighted by Crippen LogP contribution is -2.64. The van der Waals surface area contributed by atoms with Crippen molar-refractivity contribution in [1.29, 1.82) is 0 Å². The molecule has 1 N–H and O–H groups in total. The van der Waals surface area contributed by atoms with E-state index in [4.69, 9.17) is 9.47 Å². The monoisotopic (exact) mass is 476 g/mol. The Bertz CT molecular complexity index is 1310. The van der Waals surface area contributed by atoms with Gasteiger partial charge < -0.3 is 19.4 Å². The Morgan fingerprint density at radius 1 is 1.11 bits per heavy atom. The maximum Gasteiger partial charge on any atom is 0.359 e. The summed E-state index contributed by atoms with van der Waals surface area (Å²) in [5.41, 5.74) is 1.93. The average molecular weight is 477 g/mol. The van der Waals surface area contributed by atoms with E-state index in [1.165, 1.54) is 18.3 Å². The molecule has 1 unspecified atom stereocenters. The van der Waals surface area contributed by atoms with E-state index in [2.05, 4.69) is 10.3 Å². The summed E-state index contributed by atoms with van der Waals surface area (Å²) in [7, 11) is 2.81. The van der Waals surface area contributed by atoms with Crippen LogP contribution in [0.4, 0.5) is 5.69 Å². The van der Waals surface area contributed by atoms with E-state index in [9.17, 15) is 14.4 Å². The molecule has 0 bridgehead atoms. The topological polar surface area (TPSA) is 103 Å². The van der Waals surface area contributed by atoms with Crippen molar-refractivity contribution in [1.82, 2.24) is 14.9 Å². The molecule has 1 aliphatic heterocycles. The van der Waals surface area contributed by atoms with Gasteiger partial charge in [0, 0.05) is 17.8 Å². The van der Waals surface area contributed by atoms with Crippen LogP contribution in [0.2, 0.25) is 0 Å². The minimum absolute atomic E-state index is 0.0794. The predicted molar refractivity (Wildman–Crippen MR) is 130 cm³/mol. The average Bonchev–Trinajstić information content (AvgIpc) is 3.28. The minimum atomic E-state index is -1.31. The summed E-state index contributed by atoms with van der Waals surface area (Å²) in [6, 6.07) is 13.0. The molecule has 3 aromatic rings. The zero-order valence-electron chi connectivity index (χ0n) is 20.4. The molecule has 4 rings (SSSR count). The molecule has 0 aliphatic carbocycles. The van der Waals surface area contributed by atoms with Crippen LogP contribution in [0.5, 0.6) is 5.75 Å². The Kier molecular flexibility index (Phi) is 6.34. The lowest BCUT2D eigenvalue weighted by molar-refractivity contribution is -0.126. The summed E-state index contributed by atoms with van der Waals surface area (Å²) in [4.78, 5) is 45.6. The van der Waals surface area contributed by atoms with Gasteiger partial charge in [-0.15, -0.1) is 0 Å². The van der Waals surface area contributed by atoms with Crippen LogP contribution in [0.25, 0.3) is 0 Å². The number of carbonyl (C=O) groups is 3. The highest BCUT2D eigenvalue weighted by atomic mass is 16.5. The van der Waals surface area contributed by atoms with Crippen molar-refractivity contribution >= 4 is 23.5 Å². The molecule has 0 saturated heterocycles. The minimum Gasteiger partial charge on any atom is -0.496 e. The lowest BCUT2D eigenvalue weighted by Gasteiger charge is -2.44. The zero-order chi connectivity index (χ0) is 25.3. The summed E-state index contributed by atoms with van der Waals surface area (Å²) in [5, 5.41) is 2.97. The third-order valence-electron chi connectivity index (χ3n) is 6.53. The Hall–Kier alpha value is -4.14. The number of ether oxygens (including phenoxy) is 2. The third-order valence-corrected chi connectivity index (χ3v) is 6.53. The van der Waals surface area contributed by atoms with Gasteiger partial charge in [-0.3, -0.25) is 14.5 Å². The van der Waals surface area contributed by atoms with Gasteiger partial charge in [-0.25, -0.2) is 9.78 Å². The zero-order valence-corrected chi connectivity index (χ0v) is 20.4. The number of hydrogen-bond acceptors (Lipinski definition) is 6. The lowest BCUT2D eigenvalue weighted by atomic mass is 9.91. The molecule has 182 valence electrons. The van der Waals surface area contributed by atoms with E-state index < -0.39 is 17.4 Å². The number of methoxy groups -OCH3 is 2. The van der Waals surface area contributed by atoms with Crippen LogP contribution >= 0.6 is 0 Å². The summed E-state index contributed by atoms with van der Waals surface area (Å²) < 4.78 is 11.8. The van der Waals surface area contributed by atoms with Crippen LogP contribution in [0.15, 0.2) is 48.8 Å². The molecule has 1 aromatic heterocycles. The standard InChI is InChI=1S/C26H28N4O5/c1-16-9-8-11-19(17(16)2)30-23(31)22-21(24(32)35-5)28-15-29(22)14-26(30,3)25(33)27-13-18-10-6-7-12-20(18)34-4/h6-12,15H,13-14H2,1-5H3,(H,27,33). The van der Waals surface area contributed by atoms with Gasteiger partial charge in [0.25, 0.3) is 5.91 Å². The molecule has 0 saturated carbocycles. The predicted octanol–water partition coefficient (Wildman–Crippen LogP) is 3.03. The molecule has 1 atom stereocenters. The SMILES string of the molecule is COC(=O)c1ncn2c1C(=O)N(c1cccc(C)c1C)C(C)(C(=O)NCc1ccccc1OC)C2. The first-order valence-corrected chi connectivity index (χ1v) is 11.2. The summed E-state index contributed by atoms with van der Waals surface area (Å²) in [5.74, 6) is -0.907. The number of benzene rings is 2. The quantitative estimate of drug-likeness (QED) is 0.549. The van der Waals surface area contributed by atoms with Gasteiger partial charge in [0.15, 0.2) is 5.69 Å². The number of nitrogens with zero attached hydrogens (tertiary/aromatic N) is 3. The van der Waals surface area contributed by atoms with Crippen molar-refractivity contribution in [2.24, 2.45) is 0 Å². The van der Waals surface area contributed by atoms with Crippen LogP contribution in [0, 0.1) is 13.8 Å². The second-order valence-electron chi connectivity index (χ2n) is 8.69. The Balaban J connectivity index is 1.79. The molecule has 2 amide bonds. The number of aromatic nitrogens is 2. The van der Waals surface area contributed by atoms with Gasteiger partial charge in [-0.2, -0.15) is 0 Å². The molecule has 2 aromatic carbocycles. The third kappa shape index (κ3) is 4.03. The Morgan fingerprint density at radius 2 is 1.86 bits per heavy atom. The fourth-order valence-electron chi connectivity index (χ4n) is 4.45. The number of hydrogen-bond donors (Lipinski definition) is 1. The fourth-order valence-corrected chi connectivity index (χ4v) is 4.45. The van der Waals surface area contributed by atoms with Gasteiger partial charge >= 0.3 is 5.97 Å². The van der Waals surface area contributed by atoms with Crippen molar-refractivity contribution in [2.75, 3.05) is 19.1 Å². The number of carbonyl (C=O) groups excluding carboxylic acids is 3. The summed E-state index contributed by atoms with van der Waals surface area (Å²) in [6.45, 7) is 5.88. The molecule has 0 spiro atoms. The highest BCUT2D eigenvalue weighted by molar-refractivity contribution is 6.15. The van der Waals surface area contributed by atoms with Gasteiger partial charge in [0.05, 0.1) is 27.1 Å². The summed E-state index contributed by atoms with van der Waals surface area (Å²) >= 11 is 0. The molecule has 35 heavy (non-hydrogen) atoms. The molecule has 1 aliphatic rings. The van der Waals surface area contributed by atoms with E-state index in [1.807, 2.05) is 50.2 Å². The van der Waals surface area contributed by atoms with Gasteiger partial charge in [0.2, 0.25) is 5.91 Å². The largest absolute Gasteiger partial charge is 0.496 e. The molecule has 0 radical (unpaired) electrons.